The summed E-state index contributed by atoms with van der Waals surface area (Å²) in [7, 11) is 0. The van der Waals surface area contributed by atoms with Gasteiger partial charge >= 0.3 is 5.97 Å². The standard InChI is InChI=1S/C10H14O2/c1-4-8(2)9(3)6-5-7-10(11)12/h4-6H,1,7H2,2-3H3,(H,11,12)/b6-5-,9-8-. The van der Waals surface area contributed by atoms with Gasteiger partial charge < -0.3 is 5.11 Å². The maximum Gasteiger partial charge on any atom is 0.307 e. The number of allylic oxidation sites excluding steroid dienone is 4. The van der Waals surface area contributed by atoms with E-state index in [1.54, 1.807) is 18.2 Å². The molecule has 0 fully saturated rings. The highest BCUT2D eigenvalue weighted by Gasteiger charge is 1.90. The highest BCUT2D eigenvalue weighted by molar-refractivity contribution is 5.68. The lowest BCUT2D eigenvalue weighted by Crippen LogP contribution is -1.89. The van der Waals surface area contributed by atoms with Crippen molar-refractivity contribution >= 4 is 5.97 Å². The molecular weight excluding hydrogens is 152 g/mol. The van der Waals surface area contributed by atoms with Gasteiger partial charge in [0.05, 0.1) is 6.42 Å². The molecule has 0 heterocycles. The number of hydrogen-bond donors (Lipinski definition) is 1. The Balaban J connectivity index is 4.16. The van der Waals surface area contributed by atoms with Gasteiger partial charge in [-0.25, -0.2) is 0 Å². The first kappa shape index (κ1) is 10.7. The lowest BCUT2D eigenvalue weighted by Gasteiger charge is -1.95. The molecule has 0 rings (SSSR count). The maximum absolute atomic E-state index is 10.1. The molecule has 0 aromatic rings. The normalized spacial score (nSPS) is 12.8. The maximum atomic E-state index is 10.1. The number of carboxylic acids is 1. The number of rotatable bonds is 4. The summed E-state index contributed by atoms with van der Waals surface area (Å²) in [5.74, 6) is -0.810. The van der Waals surface area contributed by atoms with Crippen molar-refractivity contribution in [3.63, 3.8) is 0 Å². The van der Waals surface area contributed by atoms with Crippen LogP contribution in [-0.2, 0) is 4.79 Å². The topological polar surface area (TPSA) is 37.3 Å². The molecule has 12 heavy (non-hydrogen) atoms. The minimum absolute atomic E-state index is 0.0712. The van der Waals surface area contributed by atoms with E-state index in [1.165, 1.54) is 0 Å². The summed E-state index contributed by atoms with van der Waals surface area (Å²) in [6.07, 6.45) is 5.25. The Kier molecular flexibility index (Phi) is 4.77. The lowest BCUT2D eigenvalue weighted by molar-refractivity contribution is -0.135. The van der Waals surface area contributed by atoms with Crippen LogP contribution in [0, 0.1) is 0 Å². The van der Waals surface area contributed by atoms with Crippen LogP contribution in [0.3, 0.4) is 0 Å². The van der Waals surface area contributed by atoms with Gasteiger partial charge in [0.15, 0.2) is 0 Å². The SMILES string of the molecule is C=C/C(C)=C(C)\C=C/CC(=O)O. The van der Waals surface area contributed by atoms with Crippen LogP contribution in [0.5, 0.6) is 0 Å². The molecule has 0 saturated carbocycles. The van der Waals surface area contributed by atoms with E-state index in [2.05, 4.69) is 6.58 Å². The molecule has 2 nitrogen and oxygen atoms in total. The third-order valence-electron chi connectivity index (χ3n) is 1.59. The first-order valence-corrected chi connectivity index (χ1v) is 3.76. The first-order chi connectivity index (χ1) is 5.57. The van der Waals surface area contributed by atoms with E-state index in [9.17, 15) is 4.79 Å². The van der Waals surface area contributed by atoms with Crippen LogP contribution in [0.25, 0.3) is 0 Å². The van der Waals surface area contributed by atoms with Crippen molar-refractivity contribution in [2.45, 2.75) is 20.3 Å². The Morgan fingerprint density at radius 2 is 2.00 bits per heavy atom. The van der Waals surface area contributed by atoms with Crippen LogP contribution in [0.15, 0.2) is 36.0 Å². The van der Waals surface area contributed by atoms with E-state index in [1.807, 2.05) is 13.8 Å². The van der Waals surface area contributed by atoms with Crippen molar-refractivity contribution in [3.8, 4) is 0 Å². The van der Waals surface area contributed by atoms with E-state index in [0.717, 1.165) is 11.1 Å². The summed E-state index contributed by atoms with van der Waals surface area (Å²) in [6, 6.07) is 0. The molecular formula is C10H14O2. The molecule has 0 aliphatic carbocycles. The zero-order valence-corrected chi connectivity index (χ0v) is 7.50. The second-order valence-corrected chi connectivity index (χ2v) is 2.57. The molecule has 0 aromatic heterocycles. The van der Waals surface area contributed by atoms with Crippen LogP contribution in [-0.4, -0.2) is 11.1 Å². The lowest BCUT2D eigenvalue weighted by atomic mass is 10.1. The van der Waals surface area contributed by atoms with Gasteiger partial charge in [0.25, 0.3) is 0 Å². The van der Waals surface area contributed by atoms with Gasteiger partial charge in [-0.1, -0.05) is 24.8 Å². The van der Waals surface area contributed by atoms with Gasteiger partial charge in [0, 0.05) is 0 Å². The Bertz CT molecular complexity index is 234. The van der Waals surface area contributed by atoms with Crippen molar-refractivity contribution in [2.24, 2.45) is 0 Å². The molecule has 66 valence electrons. The van der Waals surface area contributed by atoms with Crippen LogP contribution < -0.4 is 0 Å². The fourth-order valence-electron chi connectivity index (χ4n) is 0.629. The second kappa shape index (κ2) is 5.35. The number of aliphatic carboxylic acids is 1. The molecule has 0 bridgehead atoms. The average Bonchev–Trinajstić information content (AvgIpc) is 2.02. The van der Waals surface area contributed by atoms with Gasteiger partial charge in [-0.15, -0.1) is 0 Å². The molecule has 0 spiro atoms. The fourth-order valence-corrected chi connectivity index (χ4v) is 0.629. The molecule has 0 aliphatic heterocycles. The van der Waals surface area contributed by atoms with Crippen molar-refractivity contribution in [3.05, 3.63) is 36.0 Å². The average molecular weight is 166 g/mol. The Labute approximate surface area is 72.9 Å². The van der Waals surface area contributed by atoms with Crippen LogP contribution in [0.4, 0.5) is 0 Å². The molecule has 0 aromatic carbocycles. The summed E-state index contributed by atoms with van der Waals surface area (Å²) in [5.41, 5.74) is 2.11. The van der Waals surface area contributed by atoms with Crippen LogP contribution >= 0.6 is 0 Å². The molecule has 0 aliphatic rings. The van der Waals surface area contributed by atoms with E-state index >= 15 is 0 Å². The summed E-state index contributed by atoms with van der Waals surface area (Å²) in [5, 5.41) is 8.33. The zero-order chi connectivity index (χ0) is 9.56. The third kappa shape index (κ3) is 4.50. The molecule has 0 radical (unpaired) electrons. The molecule has 2 heteroatoms. The quantitative estimate of drug-likeness (QED) is 0.651. The number of carbonyl (C=O) groups is 1. The van der Waals surface area contributed by atoms with Gasteiger partial charge in [-0.3, -0.25) is 4.79 Å². The van der Waals surface area contributed by atoms with Crippen LogP contribution in [0.1, 0.15) is 20.3 Å². The summed E-state index contributed by atoms with van der Waals surface area (Å²) < 4.78 is 0. The first-order valence-electron chi connectivity index (χ1n) is 3.76. The van der Waals surface area contributed by atoms with Crippen molar-refractivity contribution in [1.82, 2.24) is 0 Å². The predicted octanol–water partition coefficient (Wildman–Crippen LogP) is 2.54. The smallest absolute Gasteiger partial charge is 0.307 e. The minimum atomic E-state index is -0.810. The Morgan fingerprint density at radius 1 is 1.42 bits per heavy atom. The van der Waals surface area contributed by atoms with Crippen molar-refractivity contribution in [1.29, 1.82) is 0 Å². The van der Waals surface area contributed by atoms with Gasteiger partial charge in [-0.05, 0) is 25.0 Å². The monoisotopic (exact) mass is 166 g/mol. The third-order valence-corrected chi connectivity index (χ3v) is 1.59. The number of hydrogen-bond acceptors (Lipinski definition) is 1. The van der Waals surface area contributed by atoms with E-state index < -0.39 is 5.97 Å². The predicted molar refractivity (Wildman–Crippen MR) is 50.0 cm³/mol. The largest absolute Gasteiger partial charge is 0.481 e. The van der Waals surface area contributed by atoms with Crippen molar-refractivity contribution in [2.75, 3.05) is 0 Å². The second-order valence-electron chi connectivity index (χ2n) is 2.57. The fraction of sp³-hybridized carbons (Fsp3) is 0.300. The summed E-state index contributed by atoms with van der Waals surface area (Å²) in [6.45, 7) is 7.48. The molecule has 0 amide bonds. The molecule has 0 unspecified atom stereocenters. The van der Waals surface area contributed by atoms with Gasteiger partial charge in [0.2, 0.25) is 0 Å². The van der Waals surface area contributed by atoms with E-state index in [4.69, 9.17) is 5.11 Å². The van der Waals surface area contributed by atoms with E-state index in [0.29, 0.717) is 0 Å². The zero-order valence-electron chi connectivity index (χ0n) is 7.50. The summed E-state index contributed by atoms with van der Waals surface area (Å²) in [4.78, 5) is 10.1. The number of carboxylic acid groups (broad SMARTS) is 1. The highest BCUT2D eigenvalue weighted by atomic mass is 16.4. The summed E-state index contributed by atoms with van der Waals surface area (Å²) >= 11 is 0. The van der Waals surface area contributed by atoms with Crippen molar-refractivity contribution < 1.29 is 9.90 Å². The Morgan fingerprint density at radius 3 is 2.42 bits per heavy atom. The minimum Gasteiger partial charge on any atom is -0.481 e. The molecule has 0 atom stereocenters. The van der Waals surface area contributed by atoms with Gasteiger partial charge in [0.1, 0.15) is 0 Å². The highest BCUT2D eigenvalue weighted by Crippen LogP contribution is 2.05. The molecule has 1 N–H and O–H groups in total. The van der Waals surface area contributed by atoms with Crippen LogP contribution in [0.2, 0.25) is 0 Å². The van der Waals surface area contributed by atoms with E-state index in [-0.39, 0.29) is 6.42 Å². The molecule has 0 saturated heterocycles. The van der Waals surface area contributed by atoms with Gasteiger partial charge in [-0.2, -0.15) is 0 Å². The Hall–Kier alpha value is -1.31.